The van der Waals surface area contributed by atoms with E-state index in [0.717, 1.165) is 25.7 Å². The highest BCUT2D eigenvalue weighted by Gasteiger charge is 2.29. The quantitative estimate of drug-likeness (QED) is 0.512. The Morgan fingerprint density at radius 2 is 1.84 bits per heavy atom. The maximum atomic E-state index is 12.1. The number of nitrogens with zero attached hydrogens (tertiary/aromatic N) is 1. The molecule has 0 aromatic rings. The first-order chi connectivity index (χ1) is 9.10. The molecule has 1 rings (SSSR count). The number of carboxylic acids is 1. The van der Waals surface area contributed by atoms with Crippen molar-refractivity contribution in [2.45, 2.75) is 44.2 Å². The van der Waals surface area contributed by atoms with Gasteiger partial charge in [0.15, 0.2) is 0 Å². The van der Waals surface area contributed by atoms with E-state index < -0.39 is 18.0 Å². The summed E-state index contributed by atoms with van der Waals surface area (Å²) in [6, 6.07) is -1.52. The Bertz CT molecular complexity index is 304. The van der Waals surface area contributed by atoms with Crippen molar-refractivity contribution in [1.29, 1.82) is 0 Å². The lowest BCUT2D eigenvalue weighted by atomic mass is 10.2. The SMILES string of the molecule is O=C(O)[C@@H](CCO)NC(=O)N(CCO)C1CCCC1. The molecule has 1 aliphatic carbocycles. The number of hydrogen-bond donors (Lipinski definition) is 4. The highest BCUT2D eigenvalue weighted by molar-refractivity contribution is 5.82. The maximum Gasteiger partial charge on any atom is 0.326 e. The van der Waals surface area contributed by atoms with Gasteiger partial charge < -0.3 is 25.5 Å². The molecule has 2 amide bonds. The van der Waals surface area contributed by atoms with Crippen molar-refractivity contribution in [2.24, 2.45) is 0 Å². The van der Waals surface area contributed by atoms with Crippen molar-refractivity contribution >= 4 is 12.0 Å². The van der Waals surface area contributed by atoms with Crippen molar-refractivity contribution in [1.82, 2.24) is 10.2 Å². The zero-order valence-corrected chi connectivity index (χ0v) is 10.9. The molecule has 0 unspecified atom stereocenters. The Hall–Kier alpha value is -1.34. The van der Waals surface area contributed by atoms with Crippen LogP contribution in [0.5, 0.6) is 0 Å². The number of aliphatic carboxylic acids is 1. The van der Waals surface area contributed by atoms with Crippen LogP contribution < -0.4 is 5.32 Å². The van der Waals surface area contributed by atoms with Gasteiger partial charge in [0.25, 0.3) is 0 Å². The summed E-state index contributed by atoms with van der Waals surface area (Å²) < 4.78 is 0. The van der Waals surface area contributed by atoms with Gasteiger partial charge in [-0.05, 0) is 12.8 Å². The van der Waals surface area contributed by atoms with Gasteiger partial charge in [0.1, 0.15) is 6.04 Å². The largest absolute Gasteiger partial charge is 0.480 e. The molecular formula is C12H22N2O5. The molecule has 1 atom stereocenters. The fraction of sp³-hybridized carbons (Fsp3) is 0.833. The normalized spacial score (nSPS) is 17.2. The zero-order chi connectivity index (χ0) is 14.3. The standard InChI is InChI=1S/C12H22N2O5/c15-7-5-10(11(17)18)13-12(19)14(6-8-16)9-3-1-2-4-9/h9-10,15-16H,1-8H2,(H,13,19)(H,17,18)/t10-/m1/s1. The lowest BCUT2D eigenvalue weighted by Crippen LogP contribution is -2.51. The van der Waals surface area contributed by atoms with Crippen molar-refractivity contribution in [3.8, 4) is 0 Å². The molecule has 0 radical (unpaired) electrons. The molecule has 1 saturated carbocycles. The minimum Gasteiger partial charge on any atom is -0.480 e. The van der Waals surface area contributed by atoms with Gasteiger partial charge in [0.2, 0.25) is 0 Å². The van der Waals surface area contributed by atoms with Crippen LogP contribution in [0.25, 0.3) is 0 Å². The minimum atomic E-state index is -1.17. The van der Waals surface area contributed by atoms with E-state index in [2.05, 4.69) is 5.32 Å². The highest BCUT2D eigenvalue weighted by atomic mass is 16.4. The number of rotatable bonds is 7. The van der Waals surface area contributed by atoms with Crippen LogP contribution in [0.4, 0.5) is 4.79 Å². The fourth-order valence-electron chi connectivity index (χ4n) is 2.39. The van der Waals surface area contributed by atoms with Gasteiger partial charge in [-0.3, -0.25) is 0 Å². The second-order valence-corrected chi connectivity index (χ2v) is 4.71. The van der Waals surface area contributed by atoms with E-state index in [-0.39, 0.29) is 32.2 Å². The minimum absolute atomic E-state index is 0.0291. The third-order valence-electron chi connectivity index (χ3n) is 3.38. The average molecular weight is 274 g/mol. The highest BCUT2D eigenvalue weighted by Crippen LogP contribution is 2.23. The number of carboxylic acid groups (broad SMARTS) is 1. The number of amides is 2. The molecule has 0 aromatic carbocycles. The number of nitrogens with one attached hydrogen (secondary N) is 1. The Morgan fingerprint density at radius 1 is 1.21 bits per heavy atom. The summed E-state index contributed by atoms with van der Waals surface area (Å²) in [7, 11) is 0. The summed E-state index contributed by atoms with van der Waals surface area (Å²) in [5.74, 6) is -1.17. The number of aliphatic hydroxyl groups is 2. The molecule has 110 valence electrons. The summed E-state index contributed by atoms with van der Waals surface area (Å²) in [6.45, 7) is -0.260. The van der Waals surface area contributed by atoms with Gasteiger partial charge in [-0.2, -0.15) is 0 Å². The van der Waals surface area contributed by atoms with Gasteiger partial charge >= 0.3 is 12.0 Å². The first-order valence-electron chi connectivity index (χ1n) is 6.61. The fourth-order valence-corrected chi connectivity index (χ4v) is 2.39. The lowest BCUT2D eigenvalue weighted by Gasteiger charge is -2.29. The average Bonchev–Trinajstić information content (AvgIpc) is 2.88. The predicted molar refractivity (Wildman–Crippen MR) is 67.7 cm³/mol. The van der Waals surface area contributed by atoms with Gasteiger partial charge in [0.05, 0.1) is 6.61 Å². The Balaban J connectivity index is 2.61. The molecular weight excluding hydrogens is 252 g/mol. The van der Waals surface area contributed by atoms with E-state index >= 15 is 0 Å². The smallest absolute Gasteiger partial charge is 0.326 e. The summed E-state index contributed by atoms with van der Waals surface area (Å²) in [4.78, 5) is 24.5. The Kier molecular flexibility index (Phi) is 6.58. The molecule has 1 fully saturated rings. The Labute approximate surface area is 112 Å². The van der Waals surface area contributed by atoms with Crippen LogP contribution >= 0.6 is 0 Å². The van der Waals surface area contributed by atoms with Crippen LogP contribution in [0.3, 0.4) is 0 Å². The van der Waals surface area contributed by atoms with Gasteiger partial charge in [-0.1, -0.05) is 12.8 Å². The summed E-state index contributed by atoms with van der Waals surface area (Å²) in [6.07, 6.45) is 3.81. The number of carbonyl (C=O) groups excluding carboxylic acids is 1. The molecule has 4 N–H and O–H groups in total. The summed E-state index contributed by atoms with van der Waals surface area (Å²) >= 11 is 0. The van der Waals surface area contributed by atoms with Gasteiger partial charge in [-0.15, -0.1) is 0 Å². The zero-order valence-electron chi connectivity index (χ0n) is 10.9. The van der Waals surface area contributed by atoms with Crippen molar-refractivity contribution in [3.63, 3.8) is 0 Å². The van der Waals surface area contributed by atoms with E-state index in [4.69, 9.17) is 15.3 Å². The van der Waals surface area contributed by atoms with E-state index in [1.54, 1.807) is 0 Å². The molecule has 0 aromatic heterocycles. The molecule has 7 heteroatoms. The molecule has 1 aliphatic rings. The molecule has 0 aliphatic heterocycles. The second kappa shape index (κ2) is 7.96. The third-order valence-corrected chi connectivity index (χ3v) is 3.38. The van der Waals surface area contributed by atoms with Crippen LogP contribution in [0.15, 0.2) is 0 Å². The first kappa shape index (κ1) is 15.7. The summed E-state index contributed by atoms with van der Waals surface area (Å²) in [5, 5.41) is 29.1. The second-order valence-electron chi connectivity index (χ2n) is 4.71. The van der Waals surface area contributed by atoms with Crippen LogP contribution in [0, 0.1) is 0 Å². The van der Waals surface area contributed by atoms with Crippen LogP contribution in [-0.2, 0) is 4.79 Å². The maximum absolute atomic E-state index is 12.1. The van der Waals surface area contributed by atoms with E-state index in [0.29, 0.717) is 0 Å². The van der Waals surface area contributed by atoms with Crippen LogP contribution in [0.1, 0.15) is 32.1 Å². The van der Waals surface area contributed by atoms with E-state index in [1.165, 1.54) is 4.90 Å². The van der Waals surface area contributed by atoms with E-state index in [1.807, 2.05) is 0 Å². The van der Waals surface area contributed by atoms with Crippen molar-refractivity contribution in [2.75, 3.05) is 19.8 Å². The van der Waals surface area contributed by atoms with E-state index in [9.17, 15) is 9.59 Å². The first-order valence-corrected chi connectivity index (χ1v) is 6.61. The molecule has 19 heavy (non-hydrogen) atoms. The van der Waals surface area contributed by atoms with Crippen molar-refractivity contribution < 1.29 is 24.9 Å². The van der Waals surface area contributed by atoms with Gasteiger partial charge in [-0.25, -0.2) is 9.59 Å². The van der Waals surface area contributed by atoms with Crippen molar-refractivity contribution in [3.05, 3.63) is 0 Å². The molecule has 0 heterocycles. The Morgan fingerprint density at radius 3 is 2.32 bits per heavy atom. The predicted octanol–water partition coefficient (Wildman–Crippen LogP) is -0.231. The monoisotopic (exact) mass is 274 g/mol. The van der Waals surface area contributed by atoms with Crippen LogP contribution in [-0.4, -0.2) is 64.1 Å². The number of hydrogen-bond acceptors (Lipinski definition) is 4. The topological polar surface area (TPSA) is 110 Å². The molecule has 0 bridgehead atoms. The van der Waals surface area contributed by atoms with Crippen LogP contribution in [0.2, 0.25) is 0 Å². The molecule has 0 saturated heterocycles. The molecule has 7 nitrogen and oxygen atoms in total. The number of aliphatic hydroxyl groups excluding tert-OH is 2. The summed E-state index contributed by atoms with van der Waals surface area (Å²) in [5.41, 5.74) is 0. The number of urea groups is 1. The molecule has 0 spiro atoms. The number of carbonyl (C=O) groups is 2. The third kappa shape index (κ3) is 4.68. The van der Waals surface area contributed by atoms with Gasteiger partial charge in [0, 0.05) is 25.6 Å². The lowest BCUT2D eigenvalue weighted by molar-refractivity contribution is -0.139.